The highest BCUT2D eigenvalue weighted by molar-refractivity contribution is 7.08. The van der Waals surface area contributed by atoms with Crippen LogP contribution in [0.4, 0.5) is 0 Å². The van der Waals surface area contributed by atoms with E-state index in [-0.39, 0.29) is 11.9 Å². The molecular formula is C19H20N4OS. The molecule has 1 amide bonds. The largest absolute Gasteiger partial charge is 0.346 e. The number of aromatic nitrogens is 2. The molecule has 3 fully saturated rings. The highest BCUT2D eigenvalue weighted by atomic mass is 32.1. The molecule has 2 N–H and O–H groups in total. The van der Waals surface area contributed by atoms with Crippen LogP contribution in [0.1, 0.15) is 23.3 Å². The van der Waals surface area contributed by atoms with Gasteiger partial charge in [0.15, 0.2) is 5.69 Å². The zero-order chi connectivity index (χ0) is 16.8. The minimum Gasteiger partial charge on any atom is -0.346 e. The van der Waals surface area contributed by atoms with Gasteiger partial charge in [0, 0.05) is 18.0 Å². The fraction of sp³-hybridized carbons (Fsp3) is 0.368. The summed E-state index contributed by atoms with van der Waals surface area (Å²) >= 11 is 1.68. The van der Waals surface area contributed by atoms with Crippen molar-refractivity contribution in [3.05, 3.63) is 40.7 Å². The van der Waals surface area contributed by atoms with Crippen molar-refractivity contribution in [3.8, 4) is 11.1 Å². The van der Waals surface area contributed by atoms with Gasteiger partial charge in [-0.15, -0.1) is 0 Å². The van der Waals surface area contributed by atoms with Gasteiger partial charge in [-0.1, -0.05) is 6.07 Å². The lowest BCUT2D eigenvalue weighted by molar-refractivity contribution is 0.0618. The topological polar surface area (TPSA) is 61.0 Å². The molecule has 1 atom stereocenters. The van der Waals surface area contributed by atoms with Crippen LogP contribution in [0, 0.1) is 5.92 Å². The maximum Gasteiger partial charge on any atom is 0.272 e. The molecule has 3 aromatic rings. The molecule has 3 saturated heterocycles. The predicted molar refractivity (Wildman–Crippen MR) is 99.8 cm³/mol. The van der Waals surface area contributed by atoms with Crippen LogP contribution in [-0.4, -0.2) is 46.7 Å². The summed E-state index contributed by atoms with van der Waals surface area (Å²) in [4.78, 5) is 15.2. The first-order valence-corrected chi connectivity index (χ1v) is 9.76. The zero-order valence-electron chi connectivity index (χ0n) is 13.9. The number of rotatable bonds is 3. The summed E-state index contributed by atoms with van der Waals surface area (Å²) in [5.41, 5.74) is 3.74. The third kappa shape index (κ3) is 2.65. The van der Waals surface area contributed by atoms with Crippen LogP contribution in [0.3, 0.4) is 0 Å². The summed E-state index contributed by atoms with van der Waals surface area (Å²) in [6.45, 7) is 3.32. The van der Waals surface area contributed by atoms with Crippen LogP contribution in [0.5, 0.6) is 0 Å². The van der Waals surface area contributed by atoms with Crippen LogP contribution in [0.25, 0.3) is 22.0 Å². The Morgan fingerprint density at radius 3 is 2.84 bits per heavy atom. The van der Waals surface area contributed by atoms with E-state index in [2.05, 4.69) is 49.4 Å². The molecule has 0 unspecified atom stereocenters. The van der Waals surface area contributed by atoms with Crippen molar-refractivity contribution >= 4 is 28.1 Å². The smallest absolute Gasteiger partial charge is 0.272 e. The van der Waals surface area contributed by atoms with E-state index in [1.165, 1.54) is 31.5 Å². The second-order valence-corrected chi connectivity index (χ2v) is 7.84. The molecule has 1 aromatic carbocycles. The standard InChI is InChI=1S/C19H20N4OS/c24-19(20-17-10-23-6-3-12(17)4-7-23)18-15-2-1-13(9-16(15)21-22-18)14-5-8-25-11-14/h1-2,5,8-9,11-12,17H,3-4,6-7,10H2,(H,20,24)(H,21,22)/t17-/m0/s1. The number of benzene rings is 1. The average molecular weight is 352 g/mol. The SMILES string of the molecule is O=C(N[C@H]1CN2CCC1CC2)c1n[nH]c2cc(-c3ccsc3)ccc12. The predicted octanol–water partition coefficient (Wildman–Crippen LogP) is 3.12. The highest BCUT2D eigenvalue weighted by Gasteiger charge is 2.35. The first-order valence-electron chi connectivity index (χ1n) is 8.82. The quantitative estimate of drug-likeness (QED) is 0.761. The summed E-state index contributed by atoms with van der Waals surface area (Å²) in [5, 5.41) is 15.6. The lowest BCUT2D eigenvalue weighted by atomic mass is 9.84. The van der Waals surface area contributed by atoms with Crippen molar-refractivity contribution in [2.24, 2.45) is 5.92 Å². The number of aromatic amines is 1. The fourth-order valence-corrected chi connectivity index (χ4v) is 4.83. The number of carbonyl (C=O) groups excluding carboxylic acids is 1. The third-order valence-corrected chi connectivity index (χ3v) is 6.29. The Kier molecular flexibility index (Phi) is 3.60. The molecule has 128 valence electrons. The Balaban J connectivity index is 1.40. The minimum absolute atomic E-state index is 0.0618. The minimum atomic E-state index is -0.0618. The van der Waals surface area contributed by atoms with Gasteiger partial charge < -0.3 is 10.2 Å². The van der Waals surface area contributed by atoms with Gasteiger partial charge in [-0.05, 0) is 71.9 Å². The summed E-state index contributed by atoms with van der Waals surface area (Å²) in [5.74, 6) is 0.553. The summed E-state index contributed by atoms with van der Waals surface area (Å²) < 4.78 is 0. The highest BCUT2D eigenvalue weighted by Crippen LogP contribution is 2.29. The Morgan fingerprint density at radius 2 is 2.12 bits per heavy atom. The lowest BCUT2D eigenvalue weighted by Crippen LogP contribution is -2.57. The number of H-pyrrole nitrogens is 1. The van der Waals surface area contributed by atoms with Crippen molar-refractivity contribution in [2.75, 3.05) is 19.6 Å². The van der Waals surface area contributed by atoms with Crippen LogP contribution in [0.15, 0.2) is 35.0 Å². The summed E-state index contributed by atoms with van der Waals surface area (Å²) in [6.07, 6.45) is 2.38. The van der Waals surface area contributed by atoms with Gasteiger partial charge in [0.25, 0.3) is 5.91 Å². The van der Waals surface area contributed by atoms with Crippen LogP contribution in [-0.2, 0) is 0 Å². The number of carbonyl (C=O) groups is 1. The van der Waals surface area contributed by atoms with Crippen molar-refractivity contribution in [1.82, 2.24) is 20.4 Å². The molecule has 6 rings (SSSR count). The van der Waals surface area contributed by atoms with Gasteiger partial charge >= 0.3 is 0 Å². The van der Waals surface area contributed by atoms with E-state index in [9.17, 15) is 4.79 Å². The molecule has 0 radical (unpaired) electrons. The summed E-state index contributed by atoms with van der Waals surface area (Å²) in [7, 11) is 0. The molecule has 3 aliphatic rings. The number of amides is 1. The number of hydrogen-bond donors (Lipinski definition) is 2. The molecule has 3 aliphatic heterocycles. The first-order chi connectivity index (χ1) is 12.3. The molecule has 5 heterocycles. The van der Waals surface area contributed by atoms with Gasteiger partial charge in [0.1, 0.15) is 0 Å². The lowest BCUT2D eigenvalue weighted by Gasteiger charge is -2.44. The van der Waals surface area contributed by atoms with Gasteiger partial charge in [0.05, 0.1) is 5.52 Å². The first kappa shape index (κ1) is 15.1. The van der Waals surface area contributed by atoms with Crippen molar-refractivity contribution < 1.29 is 4.79 Å². The zero-order valence-corrected chi connectivity index (χ0v) is 14.7. The maximum atomic E-state index is 12.8. The Hall–Kier alpha value is -2.18. The Morgan fingerprint density at radius 1 is 1.24 bits per heavy atom. The molecule has 2 aromatic heterocycles. The van der Waals surface area contributed by atoms with Crippen molar-refractivity contribution in [2.45, 2.75) is 18.9 Å². The normalized spacial score (nSPS) is 25.4. The van der Waals surface area contributed by atoms with Crippen molar-refractivity contribution in [1.29, 1.82) is 0 Å². The molecule has 0 saturated carbocycles. The second-order valence-electron chi connectivity index (χ2n) is 7.06. The molecule has 6 heteroatoms. The van der Waals surface area contributed by atoms with Gasteiger partial charge in [0.2, 0.25) is 0 Å². The van der Waals surface area contributed by atoms with E-state index in [1.54, 1.807) is 11.3 Å². The second kappa shape index (κ2) is 5.97. The third-order valence-electron chi connectivity index (χ3n) is 5.61. The van der Waals surface area contributed by atoms with Crippen LogP contribution >= 0.6 is 11.3 Å². The number of nitrogens with one attached hydrogen (secondary N) is 2. The Labute approximate surface area is 150 Å². The maximum absolute atomic E-state index is 12.8. The molecule has 25 heavy (non-hydrogen) atoms. The van der Waals surface area contributed by atoms with Gasteiger partial charge in [-0.3, -0.25) is 9.89 Å². The van der Waals surface area contributed by atoms with Gasteiger partial charge in [-0.25, -0.2) is 0 Å². The average Bonchev–Trinajstić information content (AvgIpc) is 3.32. The molecule has 5 nitrogen and oxygen atoms in total. The van der Waals surface area contributed by atoms with Crippen molar-refractivity contribution in [3.63, 3.8) is 0 Å². The number of hydrogen-bond acceptors (Lipinski definition) is 4. The van der Waals surface area contributed by atoms with E-state index >= 15 is 0 Å². The number of fused-ring (bicyclic) bond motifs is 4. The van der Waals surface area contributed by atoms with E-state index in [0.717, 1.165) is 23.0 Å². The van der Waals surface area contributed by atoms with E-state index in [1.807, 2.05) is 6.07 Å². The molecule has 0 aliphatic carbocycles. The fourth-order valence-electron chi connectivity index (χ4n) is 4.17. The number of thiophene rings is 1. The summed E-state index contributed by atoms with van der Waals surface area (Å²) in [6, 6.07) is 8.48. The van der Waals surface area contributed by atoms with Crippen LogP contribution < -0.4 is 5.32 Å². The Bertz CT molecular complexity index is 909. The number of piperidine rings is 3. The number of nitrogens with zero attached hydrogens (tertiary/aromatic N) is 2. The van der Waals surface area contributed by atoms with Crippen LogP contribution in [0.2, 0.25) is 0 Å². The van der Waals surface area contributed by atoms with E-state index in [4.69, 9.17) is 0 Å². The molecule has 2 bridgehead atoms. The molecule has 0 spiro atoms. The van der Waals surface area contributed by atoms with Gasteiger partial charge in [-0.2, -0.15) is 16.4 Å². The van der Waals surface area contributed by atoms with E-state index < -0.39 is 0 Å². The molecular weight excluding hydrogens is 332 g/mol. The monoisotopic (exact) mass is 352 g/mol. The van der Waals surface area contributed by atoms with E-state index in [0.29, 0.717) is 11.6 Å².